The molecule has 1 saturated heterocycles. The van der Waals surface area contributed by atoms with Gasteiger partial charge in [0.05, 0.1) is 16.3 Å². The SMILES string of the molecule is O=C(CCCn1cccc1)N1CCC[C@H]1c1nc2ccccc2s1. The van der Waals surface area contributed by atoms with Gasteiger partial charge < -0.3 is 9.47 Å². The van der Waals surface area contributed by atoms with Crippen LogP contribution in [0.1, 0.15) is 36.7 Å². The fourth-order valence-electron chi connectivity index (χ4n) is 3.43. The molecule has 1 aliphatic rings. The molecule has 1 aliphatic heterocycles. The van der Waals surface area contributed by atoms with Crippen LogP contribution in [0.2, 0.25) is 0 Å². The standard InChI is InChI=1S/C19H21N3OS/c23-18(10-6-13-21-11-3-4-12-21)22-14-5-8-16(22)19-20-15-7-1-2-9-17(15)24-19/h1-4,7,9,11-12,16H,5-6,8,10,13-14H2/t16-/m0/s1. The van der Waals surface area contributed by atoms with Crippen LogP contribution < -0.4 is 0 Å². The summed E-state index contributed by atoms with van der Waals surface area (Å²) in [6, 6.07) is 12.4. The number of hydrogen-bond donors (Lipinski definition) is 0. The summed E-state index contributed by atoms with van der Waals surface area (Å²) in [7, 11) is 0. The molecule has 0 saturated carbocycles. The number of rotatable bonds is 5. The molecule has 0 N–H and O–H groups in total. The van der Waals surface area contributed by atoms with Crippen LogP contribution in [0, 0.1) is 0 Å². The maximum Gasteiger partial charge on any atom is 0.223 e. The van der Waals surface area contributed by atoms with E-state index in [0.29, 0.717) is 6.42 Å². The Morgan fingerprint density at radius 1 is 1.21 bits per heavy atom. The number of aryl methyl sites for hydroxylation is 1. The van der Waals surface area contributed by atoms with Crippen molar-refractivity contribution in [2.75, 3.05) is 6.54 Å². The highest BCUT2D eigenvalue weighted by atomic mass is 32.1. The molecule has 5 heteroatoms. The number of benzene rings is 1. The minimum Gasteiger partial charge on any atom is -0.354 e. The summed E-state index contributed by atoms with van der Waals surface area (Å²) in [6.07, 6.45) is 7.69. The van der Waals surface area contributed by atoms with Crippen molar-refractivity contribution >= 4 is 27.5 Å². The van der Waals surface area contributed by atoms with Crippen molar-refractivity contribution in [3.8, 4) is 0 Å². The van der Waals surface area contributed by atoms with Crippen molar-refractivity contribution < 1.29 is 4.79 Å². The first-order chi connectivity index (χ1) is 11.8. The van der Waals surface area contributed by atoms with Crippen LogP contribution in [0.5, 0.6) is 0 Å². The molecule has 0 bridgehead atoms. The third-order valence-corrected chi connectivity index (χ3v) is 5.78. The lowest BCUT2D eigenvalue weighted by atomic mass is 10.2. The molecule has 2 aromatic heterocycles. The lowest BCUT2D eigenvalue weighted by Crippen LogP contribution is -2.30. The van der Waals surface area contributed by atoms with Crippen molar-refractivity contribution in [3.63, 3.8) is 0 Å². The van der Waals surface area contributed by atoms with E-state index >= 15 is 0 Å². The lowest BCUT2D eigenvalue weighted by Gasteiger charge is -2.23. The number of thiazole rings is 1. The zero-order valence-electron chi connectivity index (χ0n) is 13.6. The van der Waals surface area contributed by atoms with E-state index in [0.717, 1.165) is 42.9 Å². The summed E-state index contributed by atoms with van der Waals surface area (Å²) >= 11 is 1.73. The van der Waals surface area contributed by atoms with Crippen LogP contribution in [-0.2, 0) is 11.3 Å². The molecule has 124 valence electrons. The zero-order valence-corrected chi connectivity index (χ0v) is 14.4. The number of likely N-dealkylation sites (tertiary alicyclic amines) is 1. The van der Waals surface area contributed by atoms with Gasteiger partial charge in [-0.2, -0.15) is 0 Å². The van der Waals surface area contributed by atoms with Crippen LogP contribution in [0.4, 0.5) is 0 Å². The fourth-order valence-corrected chi connectivity index (χ4v) is 4.55. The van der Waals surface area contributed by atoms with Gasteiger partial charge in [-0.15, -0.1) is 11.3 Å². The fraction of sp³-hybridized carbons (Fsp3) is 0.368. The number of fused-ring (bicyclic) bond motifs is 1. The molecule has 1 atom stereocenters. The highest BCUT2D eigenvalue weighted by Gasteiger charge is 2.31. The molecular formula is C19H21N3OS. The summed E-state index contributed by atoms with van der Waals surface area (Å²) in [5.74, 6) is 0.268. The van der Waals surface area contributed by atoms with Gasteiger partial charge in [-0.1, -0.05) is 12.1 Å². The molecule has 3 heterocycles. The Labute approximate surface area is 145 Å². The predicted octanol–water partition coefficient (Wildman–Crippen LogP) is 4.24. The van der Waals surface area contributed by atoms with Crippen LogP contribution in [0.3, 0.4) is 0 Å². The Morgan fingerprint density at radius 2 is 2.04 bits per heavy atom. The highest BCUT2D eigenvalue weighted by Crippen LogP contribution is 2.36. The number of amides is 1. The van der Waals surface area contributed by atoms with Gasteiger partial charge in [0.15, 0.2) is 0 Å². The molecule has 4 nitrogen and oxygen atoms in total. The molecule has 24 heavy (non-hydrogen) atoms. The lowest BCUT2D eigenvalue weighted by molar-refractivity contribution is -0.132. The van der Waals surface area contributed by atoms with Crippen molar-refractivity contribution in [1.29, 1.82) is 0 Å². The van der Waals surface area contributed by atoms with E-state index in [9.17, 15) is 4.79 Å². The number of carbonyl (C=O) groups is 1. The van der Waals surface area contributed by atoms with Crippen molar-refractivity contribution in [2.45, 2.75) is 38.3 Å². The number of aromatic nitrogens is 2. The Kier molecular flexibility index (Phi) is 4.34. The van der Waals surface area contributed by atoms with E-state index in [2.05, 4.69) is 10.6 Å². The van der Waals surface area contributed by atoms with Gasteiger partial charge in [0.2, 0.25) is 5.91 Å². The summed E-state index contributed by atoms with van der Waals surface area (Å²) in [4.78, 5) is 19.5. The largest absolute Gasteiger partial charge is 0.354 e. The molecule has 1 fully saturated rings. The van der Waals surface area contributed by atoms with Crippen LogP contribution >= 0.6 is 11.3 Å². The van der Waals surface area contributed by atoms with Crippen LogP contribution in [0.15, 0.2) is 48.8 Å². The maximum absolute atomic E-state index is 12.7. The number of carbonyl (C=O) groups excluding carboxylic acids is 1. The highest BCUT2D eigenvalue weighted by molar-refractivity contribution is 7.18. The van der Waals surface area contributed by atoms with Crippen molar-refractivity contribution in [2.24, 2.45) is 0 Å². The van der Waals surface area contributed by atoms with Gasteiger partial charge >= 0.3 is 0 Å². The average molecular weight is 339 g/mol. The second-order valence-electron chi connectivity index (χ2n) is 6.29. The summed E-state index contributed by atoms with van der Waals surface area (Å²) in [6.45, 7) is 1.77. The Morgan fingerprint density at radius 3 is 2.88 bits per heavy atom. The topological polar surface area (TPSA) is 38.1 Å². The molecule has 0 radical (unpaired) electrons. The van der Waals surface area contributed by atoms with E-state index in [1.165, 1.54) is 4.70 Å². The third-order valence-electron chi connectivity index (χ3n) is 4.64. The van der Waals surface area contributed by atoms with Crippen molar-refractivity contribution in [3.05, 3.63) is 53.8 Å². The molecule has 0 unspecified atom stereocenters. The predicted molar refractivity (Wildman–Crippen MR) is 97.0 cm³/mol. The maximum atomic E-state index is 12.7. The van der Waals surface area contributed by atoms with Gasteiger partial charge in [0, 0.05) is 31.9 Å². The zero-order chi connectivity index (χ0) is 16.4. The Hall–Kier alpha value is -2.14. The summed E-state index contributed by atoms with van der Waals surface area (Å²) in [5.41, 5.74) is 1.05. The number of nitrogens with zero attached hydrogens (tertiary/aromatic N) is 3. The monoisotopic (exact) mass is 339 g/mol. The Bertz CT molecular complexity index is 791. The van der Waals surface area contributed by atoms with E-state index in [1.807, 2.05) is 47.6 Å². The van der Waals surface area contributed by atoms with Gasteiger partial charge in [0.1, 0.15) is 5.01 Å². The quantitative estimate of drug-likeness (QED) is 0.697. The molecule has 4 rings (SSSR count). The average Bonchev–Trinajstić information content (AvgIpc) is 3.33. The summed E-state index contributed by atoms with van der Waals surface area (Å²) < 4.78 is 3.34. The van der Waals surface area contributed by atoms with E-state index in [1.54, 1.807) is 11.3 Å². The minimum atomic E-state index is 0.168. The van der Waals surface area contributed by atoms with Gasteiger partial charge in [-0.05, 0) is 43.5 Å². The molecule has 0 aliphatic carbocycles. The Balaban J connectivity index is 1.42. The molecule has 1 amide bonds. The second-order valence-corrected chi connectivity index (χ2v) is 7.35. The normalized spacial score (nSPS) is 17.7. The van der Waals surface area contributed by atoms with Gasteiger partial charge in [-0.3, -0.25) is 4.79 Å². The second kappa shape index (κ2) is 6.77. The molecular weight excluding hydrogens is 318 g/mol. The first-order valence-corrected chi connectivity index (χ1v) is 9.38. The minimum absolute atomic E-state index is 0.168. The first kappa shape index (κ1) is 15.4. The van der Waals surface area contributed by atoms with Crippen LogP contribution in [0.25, 0.3) is 10.2 Å². The van der Waals surface area contributed by atoms with Gasteiger partial charge in [0.25, 0.3) is 0 Å². The van der Waals surface area contributed by atoms with E-state index in [4.69, 9.17) is 4.98 Å². The smallest absolute Gasteiger partial charge is 0.223 e. The van der Waals surface area contributed by atoms with Crippen LogP contribution in [-0.4, -0.2) is 26.9 Å². The first-order valence-electron chi connectivity index (χ1n) is 8.57. The van der Waals surface area contributed by atoms with E-state index in [-0.39, 0.29) is 11.9 Å². The molecule has 0 spiro atoms. The van der Waals surface area contributed by atoms with Crippen molar-refractivity contribution in [1.82, 2.24) is 14.5 Å². The van der Waals surface area contributed by atoms with E-state index < -0.39 is 0 Å². The molecule has 1 aromatic carbocycles. The number of hydrogen-bond acceptors (Lipinski definition) is 3. The summed E-state index contributed by atoms with van der Waals surface area (Å²) in [5, 5.41) is 1.09. The van der Waals surface area contributed by atoms with Gasteiger partial charge in [-0.25, -0.2) is 4.98 Å². The molecule has 3 aromatic rings. The number of para-hydroxylation sites is 1. The third kappa shape index (κ3) is 3.08.